The lowest BCUT2D eigenvalue weighted by molar-refractivity contribution is 0.0984. The molecule has 0 saturated heterocycles. The summed E-state index contributed by atoms with van der Waals surface area (Å²) in [5.41, 5.74) is 0. The number of hydrogen-bond acceptors (Lipinski definition) is 5. The van der Waals surface area contributed by atoms with E-state index in [0.29, 0.717) is 13.1 Å². The third kappa shape index (κ3) is 14.0. The van der Waals surface area contributed by atoms with Crippen molar-refractivity contribution in [3.63, 3.8) is 0 Å². The summed E-state index contributed by atoms with van der Waals surface area (Å²) in [6.45, 7) is 7.04. The molecule has 6 nitrogen and oxygen atoms in total. The molecule has 0 aromatic carbocycles. The molecule has 0 saturated carbocycles. The van der Waals surface area contributed by atoms with Gasteiger partial charge in [0.05, 0.1) is 13.2 Å². The van der Waals surface area contributed by atoms with Crippen LogP contribution < -0.4 is 0 Å². The molecule has 0 bridgehead atoms. The highest BCUT2D eigenvalue weighted by Crippen LogP contribution is 2.15. The van der Waals surface area contributed by atoms with Crippen molar-refractivity contribution >= 4 is 8.25 Å². The Bertz CT molecular complexity index is 186. The normalized spacial score (nSPS) is 12.9. The first-order valence-electron chi connectivity index (χ1n) is 6.28. The van der Waals surface area contributed by atoms with Crippen molar-refractivity contribution < 1.29 is 24.2 Å². The van der Waals surface area contributed by atoms with Crippen LogP contribution >= 0.6 is 8.25 Å². The van der Waals surface area contributed by atoms with Crippen LogP contribution in [0.15, 0.2) is 0 Å². The molecule has 0 aliphatic carbocycles. The number of rotatable bonds is 9. The van der Waals surface area contributed by atoms with Gasteiger partial charge in [-0.3, -0.25) is 4.90 Å². The van der Waals surface area contributed by atoms with E-state index in [1.165, 1.54) is 12.8 Å². The highest BCUT2D eigenvalue weighted by atomic mass is 31.1. The molecule has 2 unspecified atom stereocenters. The molecule has 7 heteroatoms. The first-order chi connectivity index (χ1) is 8.53. The number of aliphatic hydroxyl groups excluding tert-OH is 2. The smallest absolute Gasteiger partial charge is 0.395 e. The van der Waals surface area contributed by atoms with Crippen LogP contribution in [0.3, 0.4) is 0 Å². The maximum absolute atomic E-state index is 10.3. The van der Waals surface area contributed by atoms with Gasteiger partial charge in [0.2, 0.25) is 0 Å². The monoisotopic (exact) mass is 284 g/mol. The second kappa shape index (κ2) is 15.0. The summed E-state index contributed by atoms with van der Waals surface area (Å²) in [6, 6.07) is -0.111. The zero-order valence-electron chi connectivity index (χ0n) is 11.6. The SMILES string of the molecule is CC(CO[P+](=O)O)N(CCO)CCO.CCCC. The van der Waals surface area contributed by atoms with Crippen LogP contribution in [0.25, 0.3) is 0 Å². The van der Waals surface area contributed by atoms with Crippen LogP contribution in [0.5, 0.6) is 0 Å². The van der Waals surface area contributed by atoms with E-state index in [4.69, 9.17) is 15.1 Å². The highest BCUT2D eigenvalue weighted by molar-refractivity contribution is 7.32. The Morgan fingerprint density at radius 1 is 1.17 bits per heavy atom. The Morgan fingerprint density at radius 2 is 1.61 bits per heavy atom. The van der Waals surface area contributed by atoms with Crippen LogP contribution in [-0.2, 0) is 9.09 Å². The van der Waals surface area contributed by atoms with E-state index < -0.39 is 8.25 Å². The van der Waals surface area contributed by atoms with Gasteiger partial charge in [0.15, 0.2) is 0 Å². The predicted molar refractivity (Wildman–Crippen MR) is 71.6 cm³/mol. The minimum absolute atomic E-state index is 0.0183. The first kappa shape index (κ1) is 20.2. The molecule has 110 valence electrons. The molecule has 0 aliphatic rings. The van der Waals surface area contributed by atoms with Crippen LogP contribution in [0.2, 0.25) is 0 Å². The molecule has 0 heterocycles. The lowest BCUT2D eigenvalue weighted by Crippen LogP contribution is -2.39. The van der Waals surface area contributed by atoms with Crippen LogP contribution in [0.4, 0.5) is 0 Å². The molecule has 0 fully saturated rings. The zero-order valence-corrected chi connectivity index (χ0v) is 12.5. The van der Waals surface area contributed by atoms with E-state index >= 15 is 0 Å². The first-order valence-corrected chi connectivity index (χ1v) is 7.41. The minimum Gasteiger partial charge on any atom is -0.395 e. The number of unbranched alkanes of at least 4 members (excludes halogenated alkanes) is 1. The molecule has 0 aromatic rings. The summed E-state index contributed by atoms with van der Waals surface area (Å²) in [6.07, 6.45) is 2.64. The van der Waals surface area contributed by atoms with Gasteiger partial charge in [0.1, 0.15) is 6.61 Å². The average molecular weight is 284 g/mol. The van der Waals surface area contributed by atoms with Gasteiger partial charge in [-0.15, -0.1) is 9.42 Å². The molecular weight excluding hydrogens is 257 g/mol. The molecule has 0 aromatic heterocycles. The van der Waals surface area contributed by atoms with Crippen molar-refractivity contribution in [1.82, 2.24) is 4.90 Å². The van der Waals surface area contributed by atoms with Crippen molar-refractivity contribution in [1.29, 1.82) is 0 Å². The fraction of sp³-hybridized carbons (Fsp3) is 1.00. The van der Waals surface area contributed by atoms with Gasteiger partial charge in [0, 0.05) is 23.7 Å². The quantitative estimate of drug-likeness (QED) is 0.550. The topological polar surface area (TPSA) is 90.2 Å². The van der Waals surface area contributed by atoms with Crippen molar-refractivity contribution in [2.75, 3.05) is 32.9 Å². The molecule has 0 aliphatic heterocycles. The van der Waals surface area contributed by atoms with Crippen molar-refractivity contribution in [3.8, 4) is 0 Å². The van der Waals surface area contributed by atoms with Gasteiger partial charge < -0.3 is 10.2 Å². The Labute approximate surface area is 111 Å². The second-order valence-electron chi connectivity index (χ2n) is 3.87. The van der Waals surface area contributed by atoms with Gasteiger partial charge in [-0.25, -0.2) is 0 Å². The van der Waals surface area contributed by atoms with Gasteiger partial charge in [-0.1, -0.05) is 26.7 Å². The van der Waals surface area contributed by atoms with Gasteiger partial charge in [-0.05, 0) is 6.92 Å². The summed E-state index contributed by atoms with van der Waals surface area (Å²) in [7, 11) is -2.58. The standard InChI is InChI=1S/C7H16NO5P.C4H10/c1-7(6-13-14(11)12)8(2-4-9)3-5-10;1-3-4-2/h7,9-10H,2-6H2,1H3;3-4H2,1-2H3/p+1. The van der Waals surface area contributed by atoms with Crippen molar-refractivity contribution in [3.05, 3.63) is 0 Å². The molecule has 0 amide bonds. The van der Waals surface area contributed by atoms with Crippen LogP contribution in [0, 0.1) is 0 Å². The fourth-order valence-corrected chi connectivity index (χ4v) is 1.43. The number of aliphatic hydroxyl groups is 2. The maximum Gasteiger partial charge on any atom is 0.694 e. The van der Waals surface area contributed by atoms with E-state index in [2.05, 4.69) is 18.4 Å². The molecule has 18 heavy (non-hydrogen) atoms. The Morgan fingerprint density at radius 3 is 1.89 bits per heavy atom. The minimum atomic E-state index is -2.58. The summed E-state index contributed by atoms with van der Waals surface area (Å²) >= 11 is 0. The molecule has 0 radical (unpaired) electrons. The summed E-state index contributed by atoms with van der Waals surface area (Å²) in [5, 5.41) is 17.4. The lowest BCUT2D eigenvalue weighted by Gasteiger charge is -2.25. The van der Waals surface area contributed by atoms with E-state index in [0.717, 1.165) is 0 Å². The van der Waals surface area contributed by atoms with Gasteiger partial charge >= 0.3 is 8.25 Å². The Hall–Kier alpha value is -0.100. The maximum atomic E-state index is 10.3. The van der Waals surface area contributed by atoms with E-state index in [1.54, 1.807) is 11.8 Å². The third-order valence-corrected chi connectivity index (χ3v) is 2.69. The predicted octanol–water partition coefficient (Wildman–Crippen LogP) is 1.13. The van der Waals surface area contributed by atoms with E-state index in [1.807, 2.05) is 0 Å². The van der Waals surface area contributed by atoms with Crippen molar-refractivity contribution in [2.24, 2.45) is 0 Å². The molecule has 2 atom stereocenters. The molecule has 3 N–H and O–H groups in total. The largest absolute Gasteiger partial charge is 0.694 e. The van der Waals surface area contributed by atoms with Crippen LogP contribution in [-0.4, -0.2) is 59.0 Å². The van der Waals surface area contributed by atoms with E-state index in [-0.39, 0.29) is 25.9 Å². The molecule has 0 rings (SSSR count). The Balaban J connectivity index is 0. The summed E-state index contributed by atoms with van der Waals surface area (Å²) in [4.78, 5) is 10.2. The summed E-state index contributed by atoms with van der Waals surface area (Å²) in [5.74, 6) is 0. The van der Waals surface area contributed by atoms with E-state index in [9.17, 15) is 4.57 Å². The highest BCUT2D eigenvalue weighted by Gasteiger charge is 2.19. The zero-order chi connectivity index (χ0) is 14.4. The fourth-order valence-electron chi connectivity index (χ4n) is 1.09. The van der Waals surface area contributed by atoms with Crippen LogP contribution in [0.1, 0.15) is 33.6 Å². The Kier molecular flexibility index (Phi) is 16.8. The van der Waals surface area contributed by atoms with Gasteiger partial charge in [0.25, 0.3) is 0 Å². The number of nitrogens with zero attached hydrogens (tertiary/aromatic N) is 1. The average Bonchev–Trinajstić information content (AvgIpc) is 2.36. The van der Waals surface area contributed by atoms with Crippen molar-refractivity contribution in [2.45, 2.75) is 39.7 Å². The summed E-state index contributed by atoms with van der Waals surface area (Å²) < 4.78 is 14.8. The third-order valence-electron chi connectivity index (χ3n) is 2.32. The molecular formula is C11H27NO5P+. The lowest BCUT2D eigenvalue weighted by atomic mass is 10.3. The second-order valence-corrected chi connectivity index (χ2v) is 4.60. The van der Waals surface area contributed by atoms with Gasteiger partial charge in [-0.2, -0.15) is 0 Å². The number of hydrogen-bond donors (Lipinski definition) is 3. The molecule has 0 spiro atoms.